The molecule has 2 aliphatic heterocycles. The van der Waals surface area contributed by atoms with Crippen molar-refractivity contribution in [3.63, 3.8) is 0 Å². The van der Waals surface area contributed by atoms with Gasteiger partial charge in [0.2, 0.25) is 0 Å². The molecule has 0 aliphatic carbocycles. The van der Waals surface area contributed by atoms with E-state index < -0.39 is 0 Å². The van der Waals surface area contributed by atoms with Crippen LogP contribution in [0.3, 0.4) is 0 Å². The predicted molar refractivity (Wildman–Crippen MR) is 88.7 cm³/mol. The van der Waals surface area contributed by atoms with E-state index in [1.54, 1.807) is 0 Å². The lowest BCUT2D eigenvalue weighted by molar-refractivity contribution is 0.120. The van der Waals surface area contributed by atoms with Gasteiger partial charge in [0, 0.05) is 6.54 Å². The minimum absolute atomic E-state index is 0.205. The van der Waals surface area contributed by atoms with E-state index >= 15 is 0 Å². The van der Waals surface area contributed by atoms with Crippen molar-refractivity contribution in [1.82, 2.24) is 14.7 Å². The monoisotopic (exact) mass is 297 g/mol. The molecule has 0 saturated carbocycles. The SMILES string of the molecule is CC(O)CN(CCCN1CCCC1)CCCN1CCCC1. The maximum atomic E-state index is 9.68. The van der Waals surface area contributed by atoms with Crippen molar-refractivity contribution in [2.45, 2.75) is 51.6 Å². The van der Waals surface area contributed by atoms with Gasteiger partial charge < -0.3 is 19.8 Å². The standard InChI is InChI=1S/C17H35N3O/c1-17(21)16-20(14-6-12-18-8-2-3-9-18)15-7-13-19-10-4-5-11-19/h17,21H,2-16H2,1H3. The summed E-state index contributed by atoms with van der Waals surface area (Å²) in [6.07, 6.45) is 7.82. The highest BCUT2D eigenvalue weighted by Crippen LogP contribution is 2.09. The first kappa shape index (κ1) is 17.2. The van der Waals surface area contributed by atoms with Crippen molar-refractivity contribution >= 4 is 0 Å². The summed E-state index contributed by atoms with van der Waals surface area (Å²) in [4.78, 5) is 7.65. The van der Waals surface area contributed by atoms with Crippen LogP contribution in [0.25, 0.3) is 0 Å². The van der Waals surface area contributed by atoms with Gasteiger partial charge in [-0.25, -0.2) is 0 Å². The van der Waals surface area contributed by atoms with Crippen LogP contribution in [0.4, 0.5) is 0 Å². The molecular weight excluding hydrogens is 262 g/mol. The normalized spacial score (nSPS) is 22.4. The maximum Gasteiger partial charge on any atom is 0.0639 e. The second-order valence-corrected chi connectivity index (χ2v) is 6.95. The summed E-state index contributed by atoms with van der Waals surface area (Å²) in [5, 5.41) is 9.68. The molecule has 0 bridgehead atoms. The van der Waals surface area contributed by atoms with Gasteiger partial charge in [-0.05, 0) is 97.8 Å². The predicted octanol–water partition coefficient (Wildman–Crippen LogP) is 1.64. The molecule has 2 heterocycles. The van der Waals surface area contributed by atoms with E-state index in [4.69, 9.17) is 0 Å². The number of aliphatic hydroxyl groups excluding tert-OH is 1. The van der Waals surface area contributed by atoms with Crippen molar-refractivity contribution in [3.05, 3.63) is 0 Å². The zero-order valence-electron chi connectivity index (χ0n) is 14.0. The van der Waals surface area contributed by atoms with Crippen LogP contribution in [0.2, 0.25) is 0 Å². The molecule has 1 N–H and O–H groups in total. The Morgan fingerprint density at radius 1 is 0.857 bits per heavy atom. The van der Waals surface area contributed by atoms with Crippen molar-refractivity contribution < 1.29 is 5.11 Å². The van der Waals surface area contributed by atoms with E-state index in [0.29, 0.717) is 0 Å². The first-order chi connectivity index (χ1) is 10.2. The summed E-state index contributed by atoms with van der Waals surface area (Å²) in [5.74, 6) is 0. The average Bonchev–Trinajstić information content (AvgIpc) is 3.10. The zero-order valence-corrected chi connectivity index (χ0v) is 14.0. The number of hydrogen-bond donors (Lipinski definition) is 1. The van der Waals surface area contributed by atoms with E-state index in [9.17, 15) is 5.11 Å². The average molecular weight is 297 g/mol. The van der Waals surface area contributed by atoms with E-state index in [0.717, 1.165) is 19.6 Å². The molecule has 0 aromatic rings. The summed E-state index contributed by atoms with van der Waals surface area (Å²) in [5.41, 5.74) is 0. The van der Waals surface area contributed by atoms with Crippen LogP contribution in [-0.2, 0) is 0 Å². The minimum Gasteiger partial charge on any atom is -0.392 e. The van der Waals surface area contributed by atoms with Crippen LogP contribution in [-0.4, -0.2) is 84.8 Å². The van der Waals surface area contributed by atoms with Gasteiger partial charge in [0.25, 0.3) is 0 Å². The molecule has 1 unspecified atom stereocenters. The van der Waals surface area contributed by atoms with Crippen LogP contribution < -0.4 is 0 Å². The Kier molecular flexibility index (Phi) is 8.01. The summed E-state index contributed by atoms with van der Waals surface area (Å²) in [7, 11) is 0. The van der Waals surface area contributed by atoms with Crippen LogP contribution >= 0.6 is 0 Å². The third-order valence-corrected chi connectivity index (χ3v) is 4.82. The molecule has 0 spiro atoms. The fourth-order valence-electron chi connectivity index (χ4n) is 3.72. The third-order valence-electron chi connectivity index (χ3n) is 4.82. The molecule has 2 fully saturated rings. The van der Waals surface area contributed by atoms with E-state index in [1.165, 1.54) is 77.8 Å². The van der Waals surface area contributed by atoms with Crippen LogP contribution in [0, 0.1) is 0 Å². The molecule has 2 saturated heterocycles. The molecule has 124 valence electrons. The molecule has 1 atom stereocenters. The lowest BCUT2D eigenvalue weighted by atomic mass is 10.2. The van der Waals surface area contributed by atoms with Gasteiger partial charge in [-0.1, -0.05) is 0 Å². The Bertz CT molecular complexity index is 239. The summed E-state index contributed by atoms with van der Waals surface area (Å²) < 4.78 is 0. The Balaban J connectivity index is 1.59. The summed E-state index contributed by atoms with van der Waals surface area (Å²) >= 11 is 0. The van der Waals surface area contributed by atoms with Crippen LogP contribution in [0.5, 0.6) is 0 Å². The Labute approximate surface area is 131 Å². The minimum atomic E-state index is -0.205. The first-order valence-corrected chi connectivity index (χ1v) is 9.09. The van der Waals surface area contributed by atoms with Crippen molar-refractivity contribution in [2.75, 3.05) is 58.9 Å². The number of hydrogen-bond acceptors (Lipinski definition) is 4. The number of rotatable bonds is 10. The van der Waals surface area contributed by atoms with E-state index in [-0.39, 0.29) is 6.10 Å². The Morgan fingerprint density at radius 2 is 1.29 bits per heavy atom. The summed E-state index contributed by atoms with van der Waals surface area (Å²) in [6, 6.07) is 0. The second-order valence-electron chi connectivity index (χ2n) is 6.95. The zero-order chi connectivity index (χ0) is 14.9. The Morgan fingerprint density at radius 3 is 1.67 bits per heavy atom. The molecule has 0 aromatic carbocycles. The molecule has 0 amide bonds. The van der Waals surface area contributed by atoms with Crippen LogP contribution in [0.15, 0.2) is 0 Å². The van der Waals surface area contributed by atoms with Gasteiger partial charge in [0.1, 0.15) is 0 Å². The van der Waals surface area contributed by atoms with Gasteiger partial charge in [-0.3, -0.25) is 0 Å². The number of likely N-dealkylation sites (tertiary alicyclic amines) is 2. The number of aliphatic hydroxyl groups is 1. The highest BCUT2D eigenvalue weighted by Gasteiger charge is 2.14. The second kappa shape index (κ2) is 9.78. The van der Waals surface area contributed by atoms with Gasteiger partial charge in [0.05, 0.1) is 6.10 Å². The molecule has 21 heavy (non-hydrogen) atoms. The molecule has 4 nitrogen and oxygen atoms in total. The fourth-order valence-corrected chi connectivity index (χ4v) is 3.72. The van der Waals surface area contributed by atoms with Gasteiger partial charge >= 0.3 is 0 Å². The molecule has 0 radical (unpaired) electrons. The van der Waals surface area contributed by atoms with Crippen molar-refractivity contribution in [1.29, 1.82) is 0 Å². The fraction of sp³-hybridized carbons (Fsp3) is 1.00. The quantitative estimate of drug-likeness (QED) is 0.664. The summed E-state index contributed by atoms with van der Waals surface area (Å²) in [6.45, 7) is 12.7. The largest absolute Gasteiger partial charge is 0.392 e. The highest BCUT2D eigenvalue weighted by atomic mass is 16.3. The molecular formula is C17H35N3O. The smallest absolute Gasteiger partial charge is 0.0639 e. The van der Waals surface area contributed by atoms with Gasteiger partial charge in [-0.15, -0.1) is 0 Å². The van der Waals surface area contributed by atoms with Crippen molar-refractivity contribution in [2.24, 2.45) is 0 Å². The molecule has 2 aliphatic rings. The highest BCUT2D eigenvalue weighted by molar-refractivity contribution is 4.70. The topological polar surface area (TPSA) is 30.0 Å². The van der Waals surface area contributed by atoms with Crippen molar-refractivity contribution in [3.8, 4) is 0 Å². The third kappa shape index (κ3) is 7.09. The van der Waals surface area contributed by atoms with Gasteiger partial charge in [0.15, 0.2) is 0 Å². The lowest BCUT2D eigenvalue weighted by Gasteiger charge is -2.26. The van der Waals surface area contributed by atoms with E-state index in [2.05, 4.69) is 14.7 Å². The Hall–Kier alpha value is -0.160. The molecule has 0 aromatic heterocycles. The molecule has 2 rings (SSSR count). The first-order valence-electron chi connectivity index (χ1n) is 9.09. The number of nitrogens with zero attached hydrogens (tertiary/aromatic N) is 3. The molecule has 4 heteroatoms. The van der Waals surface area contributed by atoms with Gasteiger partial charge in [-0.2, -0.15) is 0 Å². The van der Waals surface area contributed by atoms with E-state index in [1.807, 2.05) is 6.92 Å². The maximum absolute atomic E-state index is 9.68. The van der Waals surface area contributed by atoms with Crippen LogP contribution in [0.1, 0.15) is 45.4 Å². The lowest BCUT2D eigenvalue weighted by Crippen LogP contribution is -2.36.